The largest absolute Gasteiger partial charge is 0.445 e. The molecular weight excluding hydrogens is 278 g/mol. The minimum Gasteiger partial charge on any atom is -0.445 e. The van der Waals surface area contributed by atoms with Crippen LogP contribution in [0.15, 0.2) is 36.5 Å². The molecule has 0 N–H and O–H groups in total. The van der Waals surface area contributed by atoms with E-state index in [0.29, 0.717) is 24.8 Å². The first-order valence-electron chi connectivity index (χ1n) is 6.39. The molecule has 1 aliphatic rings. The van der Waals surface area contributed by atoms with Crippen LogP contribution in [0.25, 0.3) is 0 Å². The van der Waals surface area contributed by atoms with Crippen LogP contribution in [0.2, 0.25) is 5.15 Å². The lowest BCUT2D eigenvalue weighted by Gasteiger charge is -2.27. The van der Waals surface area contributed by atoms with E-state index in [-0.39, 0.29) is 12.7 Å². The van der Waals surface area contributed by atoms with Gasteiger partial charge in [-0.05, 0) is 5.56 Å². The highest BCUT2D eigenvalue weighted by Crippen LogP contribution is 2.18. The van der Waals surface area contributed by atoms with Gasteiger partial charge in [0.1, 0.15) is 17.6 Å². The van der Waals surface area contributed by atoms with Crippen molar-refractivity contribution in [2.75, 3.05) is 6.54 Å². The standard InChI is InChI=1S/C14H14ClN3O2/c15-12-8-16-13-9-17(6-7-18(12)13)14(19)20-10-11-4-2-1-3-5-11/h1-5,8H,6-7,9-10H2. The van der Waals surface area contributed by atoms with Crippen molar-refractivity contribution >= 4 is 17.7 Å². The summed E-state index contributed by atoms with van der Waals surface area (Å²) in [4.78, 5) is 17.9. The Balaban J connectivity index is 1.59. The summed E-state index contributed by atoms with van der Waals surface area (Å²) >= 11 is 5.99. The second-order valence-corrected chi connectivity index (χ2v) is 5.00. The fourth-order valence-corrected chi connectivity index (χ4v) is 2.42. The van der Waals surface area contributed by atoms with Gasteiger partial charge in [0, 0.05) is 13.1 Å². The minimum atomic E-state index is -0.320. The second kappa shape index (κ2) is 5.54. The van der Waals surface area contributed by atoms with Gasteiger partial charge in [-0.15, -0.1) is 0 Å². The number of imidazole rings is 1. The van der Waals surface area contributed by atoms with E-state index < -0.39 is 0 Å². The van der Waals surface area contributed by atoms with Crippen LogP contribution in [0.5, 0.6) is 0 Å². The summed E-state index contributed by atoms with van der Waals surface area (Å²) in [5.74, 6) is 0.790. The molecule has 1 aromatic carbocycles. The average molecular weight is 292 g/mol. The molecule has 1 aliphatic heterocycles. The molecular formula is C14H14ClN3O2. The quantitative estimate of drug-likeness (QED) is 0.855. The predicted molar refractivity (Wildman–Crippen MR) is 74.3 cm³/mol. The fourth-order valence-electron chi connectivity index (χ4n) is 2.19. The molecule has 104 valence electrons. The van der Waals surface area contributed by atoms with E-state index in [1.807, 2.05) is 34.9 Å². The fraction of sp³-hybridized carbons (Fsp3) is 0.286. The van der Waals surface area contributed by atoms with Crippen molar-refractivity contribution in [2.45, 2.75) is 19.7 Å². The van der Waals surface area contributed by atoms with Gasteiger partial charge in [-0.25, -0.2) is 9.78 Å². The van der Waals surface area contributed by atoms with Crippen molar-refractivity contribution in [1.82, 2.24) is 14.5 Å². The zero-order valence-electron chi connectivity index (χ0n) is 10.8. The number of fused-ring (bicyclic) bond motifs is 1. The number of aromatic nitrogens is 2. The predicted octanol–water partition coefficient (Wildman–Crippen LogP) is 2.69. The van der Waals surface area contributed by atoms with Gasteiger partial charge in [-0.3, -0.25) is 4.90 Å². The molecule has 1 aromatic heterocycles. The Morgan fingerprint density at radius 3 is 2.90 bits per heavy atom. The molecule has 6 heteroatoms. The first-order valence-corrected chi connectivity index (χ1v) is 6.77. The van der Waals surface area contributed by atoms with Crippen molar-refractivity contribution in [3.63, 3.8) is 0 Å². The van der Waals surface area contributed by atoms with Gasteiger partial charge in [-0.1, -0.05) is 41.9 Å². The van der Waals surface area contributed by atoms with Gasteiger partial charge >= 0.3 is 6.09 Å². The normalized spacial score (nSPS) is 13.9. The first kappa shape index (κ1) is 13.0. The van der Waals surface area contributed by atoms with Gasteiger partial charge in [0.05, 0.1) is 12.7 Å². The first-order chi connectivity index (χ1) is 9.74. The lowest BCUT2D eigenvalue weighted by atomic mass is 10.2. The highest BCUT2D eigenvalue weighted by Gasteiger charge is 2.23. The number of benzene rings is 1. The molecule has 0 aliphatic carbocycles. The summed E-state index contributed by atoms with van der Waals surface area (Å²) in [7, 11) is 0. The van der Waals surface area contributed by atoms with Crippen LogP contribution in [0.3, 0.4) is 0 Å². The molecule has 3 rings (SSSR count). The number of nitrogens with zero attached hydrogens (tertiary/aromatic N) is 3. The maximum absolute atomic E-state index is 12.0. The number of hydrogen-bond donors (Lipinski definition) is 0. The maximum Gasteiger partial charge on any atom is 0.410 e. The lowest BCUT2D eigenvalue weighted by molar-refractivity contribution is 0.0862. The van der Waals surface area contributed by atoms with Crippen molar-refractivity contribution in [3.8, 4) is 0 Å². The Hall–Kier alpha value is -2.01. The molecule has 1 amide bonds. The SMILES string of the molecule is O=C(OCc1ccccc1)N1CCn2c(Cl)cnc2C1. The van der Waals surface area contributed by atoms with Gasteiger partial charge in [0.15, 0.2) is 0 Å². The zero-order chi connectivity index (χ0) is 13.9. The molecule has 0 atom stereocenters. The number of amides is 1. The number of carbonyl (C=O) groups excluding carboxylic acids is 1. The van der Waals surface area contributed by atoms with Crippen LogP contribution in [0.4, 0.5) is 4.79 Å². The maximum atomic E-state index is 12.0. The minimum absolute atomic E-state index is 0.283. The monoisotopic (exact) mass is 291 g/mol. The topological polar surface area (TPSA) is 47.4 Å². The zero-order valence-corrected chi connectivity index (χ0v) is 11.6. The second-order valence-electron chi connectivity index (χ2n) is 4.61. The van der Waals surface area contributed by atoms with E-state index in [1.54, 1.807) is 11.1 Å². The molecule has 0 saturated heterocycles. The van der Waals surface area contributed by atoms with Crippen LogP contribution in [-0.4, -0.2) is 27.1 Å². The van der Waals surface area contributed by atoms with E-state index in [9.17, 15) is 4.79 Å². The van der Waals surface area contributed by atoms with E-state index in [0.717, 1.165) is 11.4 Å². The summed E-state index contributed by atoms with van der Waals surface area (Å²) in [6.07, 6.45) is 1.29. The average Bonchev–Trinajstić information content (AvgIpc) is 2.87. The van der Waals surface area contributed by atoms with Gasteiger partial charge in [-0.2, -0.15) is 0 Å². The van der Waals surface area contributed by atoms with Gasteiger partial charge in [0.2, 0.25) is 0 Å². The van der Waals surface area contributed by atoms with Crippen LogP contribution in [0, 0.1) is 0 Å². The molecule has 2 aromatic rings. The van der Waals surface area contributed by atoms with Crippen LogP contribution in [0.1, 0.15) is 11.4 Å². The Morgan fingerprint density at radius 2 is 2.10 bits per heavy atom. The van der Waals surface area contributed by atoms with E-state index in [4.69, 9.17) is 16.3 Å². The summed E-state index contributed by atoms with van der Waals surface area (Å²) in [6, 6.07) is 9.62. The number of halogens is 1. The van der Waals surface area contributed by atoms with Gasteiger partial charge < -0.3 is 9.30 Å². The number of carbonyl (C=O) groups is 1. The molecule has 2 heterocycles. The number of hydrogen-bond acceptors (Lipinski definition) is 3. The summed E-state index contributed by atoms with van der Waals surface area (Å²) in [6.45, 7) is 1.94. The Kier molecular flexibility index (Phi) is 3.60. The Bertz CT molecular complexity index is 612. The number of rotatable bonds is 2. The van der Waals surface area contributed by atoms with Crippen molar-refractivity contribution in [2.24, 2.45) is 0 Å². The smallest absolute Gasteiger partial charge is 0.410 e. The highest BCUT2D eigenvalue weighted by atomic mass is 35.5. The molecule has 0 spiro atoms. The lowest BCUT2D eigenvalue weighted by Crippen LogP contribution is -2.38. The highest BCUT2D eigenvalue weighted by molar-refractivity contribution is 6.29. The van der Waals surface area contributed by atoms with E-state index in [2.05, 4.69) is 4.98 Å². The van der Waals surface area contributed by atoms with Gasteiger partial charge in [0.25, 0.3) is 0 Å². The third-order valence-electron chi connectivity index (χ3n) is 3.28. The van der Waals surface area contributed by atoms with E-state index in [1.165, 1.54) is 0 Å². The van der Waals surface area contributed by atoms with Crippen molar-refractivity contribution in [3.05, 3.63) is 53.1 Å². The van der Waals surface area contributed by atoms with Crippen LogP contribution < -0.4 is 0 Å². The van der Waals surface area contributed by atoms with E-state index >= 15 is 0 Å². The molecule has 0 unspecified atom stereocenters. The molecule has 0 radical (unpaired) electrons. The molecule has 20 heavy (non-hydrogen) atoms. The Morgan fingerprint density at radius 1 is 1.30 bits per heavy atom. The third-order valence-corrected chi connectivity index (χ3v) is 3.58. The summed E-state index contributed by atoms with van der Waals surface area (Å²) in [5.41, 5.74) is 0.974. The summed E-state index contributed by atoms with van der Waals surface area (Å²) < 4.78 is 7.21. The van der Waals surface area contributed by atoms with Crippen molar-refractivity contribution in [1.29, 1.82) is 0 Å². The van der Waals surface area contributed by atoms with Crippen LogP contribution in [-0.2, 0) is 24.4 Å². The molecule has 0 fully saturated rings. The van der Waals surface area contributed by atoms with Crippen molar-refractivity contribution < 1.29 is 9.53 Å². The number of ether oxygens (including phenoxy) is 1. The Labute approximate surface area is 121 Å². The molecule has 0 bridgehead atoms. The molecule has 0 saturated carbocycles. The van der Waals surface area contributed by atoms with Crippen LogP contribution >= 0.6 is 11.6 Å². The third kappa shape index (κ3) is 2.63. The summed E-state index contributed by atoms with van der Waals surface area (Å²) in [5, 5.41) is 0.609. The molecule has 5 nitrogen and oxygen atoms in total.